The van der Waals surface area contributed by atoms with Gasteiger partial charge in [0.05, 0.1) is 6.04 Å². The van der Waals surface area contributed by atoms with E-state index >= 15 is 0 Å². The molecule has 1 aliphatic heterocycles. The smallest absolute Gasteiger partial charge is 0.240 e. The first-order valence-electron chi connectivity index (χ1n) is 12.5. The number of piperazine rings is 1. The van der Waals surface area contributed by atoms with Crippen LogP contribution in [0.4, 0.5) is 0 Å². The van der Waals surface area contributed by atoms with Gasteiger partial charge in [-0.3, -0.25) is 4.79 Å². The van der Waals surface area contributed by atoms with Crippen LogP contribution in [0.1, 0.15) is 16.7 Å². The van der Waals surface area contributed by atoms with E-state index in [1.807, 2.05) is 18.3 Å². The number of fused-ring (bicyclic) bond motifs is 1. The fourth-order valence-electron chi connectivity index (χ4n) is 5.28. The number of hydrogen-bond donors (Lipinski definition) is 2. The summed E-state index contributed by atoms with van der Waals surface area (Å²) in [6.45, 7) is 3.24. The quantitative estimate of drug-likeness (QED) is 0.388. The lowest BCUT2D eigenvalue weighted by molar-refractivity contribution is -0.138. The summed E-state index contributed by atoms with van der Waals surface area (Å²) >= 11 is 0. The highest BCUT2D eigenvalue weighted by Gasteiger charge is 2.34. The van der Waals surface area contributed by atoms with Crippen LogP contribution >= 0.6 is 0 Å². The first kappa shape index (κ1) is 23.3. The predicted molar refractivity (Wildman–Crippen MR) is 142 cm³/mol. The van der Waals surface area contributed by atoms with E-state index in [-0.39, 0.29) is 18.0 Å². The van der Waals surface area contributed by atoms with Crippen molar-refractivity contribution in [2.45, 2.75) is 31.5 Å². The van der Waals surface area contributed by atoms with Crippen LogP contribution in [0, 0.1) is 0 Å². The number of hydrogen-bond acceptors (Lipinski definition) is 3. The van der Waals surface area contributed by atoms with Gasteiger partial charge in [0.1, 0.15) is 0 Å². The van der Waals surface area contributed by atoms with Crippen LogP contribution in [-0.4, -0.2) is 59.5 Å². The zero-order valence-corrected chi connectivity index (χ0v) is 20.4. The molecule has 5 heteroatoms. The van der Waals surface area contributed by atoms with Gasteiger partial charge in [-0.25, -0.2) is 0 Å². The summed E-state index contributed by atoms with van der Waals surface area (Å²) in [5.74, 6) is 0.204. The van der Waals surface area contributed by atoms with E-state index in [4.69, 9.17) is 0 Å². The van der Waals surface area contributed by atoms with Crippen LogP contribution in [0.25, 0.3) is 10.9 Å². The second-order valence-electron chi connectivity index (χ2n) is 9.63. The molecule has 2 unspecified atom stereocenters. The Bertz CT molecular complexity index is 1240. The zero-order chi connectivity index (χ0) is 24.0. The van der Waals surface area contributed by atoms with Crippen LogP contribution < -0.4 is 5.32 Å². The molecule has 35 heavy (non-hydrogen) atoms. The van der Waals surface area contributed by atoms with Crippen LogP contribution in [0.2, 0.25) is 0 Å². The van der Waals surface area contributed by atoms with E-state index < -0.39 is 0 Å². The minimum Gasteiger partial charge on any atom is -0.361 e. The molecule has 2 atom stereocenters. The summed E-state index contributed by atoms with van der Waals surface area (Å²) in [7, 11) is 2.15. The summed E-state index contributed by atoms with van der Waals surface area (Å²) < 4.78 is 0. The van der Waals surface area contributed by atoms with Gasteiger partial charge in [0.2, 0.25) is 5.91 Å². The van der Waals surface area contributed by atoms with E-state index in [9.17, 15) is 4.79 Å². The van der Waals surface area contributed by atoms with E-state index in [1.165, 1.54) is 22.1 Å². The van der Waals surface area contributed by atoms with Gasteiger partial charge in [0, 0.05) is 49.3 Å². The molecule has 1 aromatic heterocycles. The minimum atomic E-state index is -0.208. The second-order valence-corrected chi connectivity index (χ2v) is 9.63. The van der Waals surface area contributed by atoms with Gasteiger partial charge in [0.25, 0.3) is 0 Å². The van der Waals surface area contributed by atoms with Crippen LogP contribution in [0.5, 0.6) is 0 Å². The third-order valence-electron chi connectivity index (χ3n) is 7.00. The first-order valence-corrected chi connectivity index (χ1v) is 12.5. The molecule has 4 aromatic rings. The summed E-state index contributed by atoms with van der Waals surface area (Å²) in [6.07, 6.45) is 3.59. The highest BCUT2D eigenvalue weighted by molar-refractivity contribution is 5.86. The van der Waals surface area contributed by atoms with Crippen molar-refractivity contribution in [1.82, 2.24) is 20.1 Å². The maximum absolute atomic E-state index is 13.8. The van der Waals surface area contributed by atoms with Gasteiger partial charge in [-0.2, -0.15) is 0 Å². The lowest BCUT2D eigenvalue weighted by Crippen LogP contribution is -2.60. The molecular weight excluding hydrogens is 432 g/mol. The summed E-state index contributed by atoms with van der Waals surface area (Å²) in [4.78, 5) is 21.6. The Kier molecular flexibility index (Phi) is 7.26. The fraction of sp³-hybridized carbons (Fsp3) is 0.300. The van der Waals surface area contributed by atoms with Crippen LogP contribution in [0.15, 0.2) is 91.1 Å². The molecule has 1 amide bonds. The highest BCUT2D eigenvalue weighted by Crippen LogP contribution is 2.22. The molecule has 2 N–H and O–H groups in total. The number of nitrogens with zero attached hydrogens (tertiary/aromatic N) is 2. The first-order chi connectivity index (χ1) is 17.2. The average molecular weight is 467 g/mol. The van der Waals surface area contributed by atoms with E-state index in [1.54, 1.807) is 0 Å². The Morgan fingerprint density at radius 3 is 2.40 bits per heavy atom. The lowest BCUT2D eigenvalue weighted by atomic mass is 9.98. The maximum Gasteiger partial charge on any atom is 0.240 e. The molecular formula is C30H34N4O. The van der Waals surface area contributed by atoms with Crippen molar-refractivity contribution < 1.29 is 4.79 Å². The standard InChI is InChI=1S/C30H34N4O/c1-33(21-24-12-6-3-7-13-24)22-26(18-23-10-4-2-5-11-23)34-17-16-31-29(30(34)35)19-25-20-32-28-15-9-8-14-27(25)28/h2-15,20,26,29,31-32H,16-19,21-22H2,1H3. The van der Waals surface area contributed by atoms with Gasteiger partial charge < -0.3 is 20.1 Å². The Morgan fingerprint density at radius 2 is 1.63 bits per heavy atom. The number of para-hydroxylation sites is 1. The van der Waals surface area contributed by atoms with Crippen molar-refractivity contribution in [3.05, 3.63) is 108 Å². The van der Waals surface area contributed by atoms with Crippen molar-refractivity contribution in [3.8, 4) is 0 Å². The number of likely N-dealkylation sites (N-methyl/N-ethyl adjacent to an activating group) is 1. The molecule has 0 radical (unpaired) electrons. The van der Waals surface area contributed by atoms with Gasteiger partial charge in [-0.05, 0) is 42.6 Å². The zero-order valence-electron chi connectivity index (χ0n) is 20.4. The summed E-state index contributed by atoms with van der Waals surface area (Å²) in [5.41, 5.74) is 4.86. The molecule has 1 saturated heterocycles. The largest absolute Gasteiger partial charge is 0.361 e. The summed E-state index contributed by atoms with van der Waals surface area (Å²) in [5, 5.41) is 4.69. The molecule has 0 spiro atoms. The number of aromatic amines is 1. The Labute approximate surface area is 207 Å². The molecule has 1 aliphatic rings. The number of carbonyl (C=O) groups is 1. The average Bonchev–Trinajstić information content (AvgIpc) is 3.29. The second kappa shape index (κ2) is 10.9. The maximum atomic E-state index is 13.8. The number of benzene rings is 3. The molecule has 3 aromatic carbocycles. The monoisotopic (exact) mass is 466 g/mol. The number of rotatable bonds is 9. The molecule has 5 nitrogen and oxygen atoms in total. The van der Waals surface area contributed by atoms with Gasteiger partial charge in [0.15, 0.2) is 0 Å². The lowest BCUT2D eigenvalue weighted by Gasteiger charge is -2.40. The number of H-pyrrole nitrogens is 1. The minimum absolute atomic E-state index is 0.117. The molecule has 2 heterocycles. The topological polar surface area (TPSA) is 51.4 Å². The third kappa shape index (κ3) is 5.64. The van der Waals surface area contributed by atoms with Gasteiger partial charge >= 0.3 is 0 Å². The van der Waals surface area contributed by atoms with Crippen molar-refractivity contribution in [2.24, 2.45) is 0 Å². The van der Waals surface area contributed by atoms with E-state index in [0.29, 0.717) is 6.42 Å². The van der Waals surface area contributed by atoms with E-state index in [0.717, 1.165) is 38.1 Å². The van der Waals surface area contributed by atoms with Crippen molar-refractivity contribution >= 4 is 16.8 Å². The normalized spacial score (nSPS) is 17.3. The predicted octanol–water partition coefficient (Wildman–Crippen LogP) is 4.25. The molecule has 1 fully saturated rings. The Morgan fingerprint density at radius 1 is 0.943 bits per heavy atom. The third-order valence-corrected chi connectivity index (χ3v) is 7.00. The summed E-state index contributed by atoms with van der Waals surface area (Å²) in [6, 6.07) is 29.3. The number of carbonyl (C=O) groups excluding carboxylic acids is 1. The van der Waals surface area contributed by atoms with Crippen LogP contribution in [-0.2, 0) is 24.2 Å². The highest BCUT2D eigenvalue weighted by atomic mass is 16.2. The van der Waals surface area contributed by atoms with Gasteiger partial charge in [-0.1, -0.05) is 78.9 Å². The van der Waals surface area contributed by atoms with Gasteiger partial charge in [-0.15, -0.1) is 0 Å². The molecule has 0 saturated carbocycles. The number of aromatic nitrogens is 1. The van der Waals surface area contributed by atoms with E-state index in [2.05, 4.69) is 99.9 Å². The molecule has 0 bridgehead atoms. The molecule has 0 aliphatic carbocycles. The molecule has 180 valence electrons. The van der Waals surface area contributed by atoms with Crippen molar-refractivity contribution in [1.29, 1.82) is 0 Å². The Hall–Kier alpha value is -3.41. The number of amides is 1. The van der Waals surface area contributed by atoms with Crippen molar-refractivity contribution in [2.75, 3.05) is 26.7 Å². The van der Waals surface area contributed by atoms with Crippen molar-refractivity contribution in [3.63, 3.8) is 0 Å². The van der Waals surface area contributed by atoms with Crippen LogP contribution in [0.3, 0.4) is 0 Å². The number of nitrogens with one attached hydrogen (secondary N) is 2. The molecule has 5 rings (SSSR count). The Balaban J connectivity index is 1.34. The fourth-order valence-corrected chi connectivity index (χ4v) is 5.28. The SMILES string of the molecule is CN(Cc1ccccc1)CC(Cc1ccccc1)N1CCNC(Cc2c[nH]c3ccccc23)C1=O.